The highest BCUT2D eigenvalue weighted by Crippen LogP contribution is 2.54. The second-order valence-electron chi connectivity index (χ2n) is 13.1. The van der Waals surface area contributed by atoms with Crippen LogP contribution in [-0.4, -0.2) is 36.0 Å². The number of aryl methyl sites for hydroxylation is 1. The second kappa shape index (κ2) is 10.6. The van der Waals surface area contributed by atoms with E-state index >= 15 is 0 Å². The molecule has 2 aromatic rings. The molecule has 1 heterocycles. The Morgan fingerprint density at radius 1 is 0.902 bits per heavy atom. The largest absolute Gasteiger partial charge is 0.482 e. The van der Waals surface area contributed by atoms with E-state index in [-0.39, 0.29) is 34.9 Å². The van der Waals surface area contributed by atoms with Crippen LogP contribution < -0.4 is 10.1 Å². The van der Waals surface area contributed by atoms with Crippen molar-refractivity contribution < 1.29 is 19.1 Å². The standard InChI is InChI=1S/C33H36Cl2N2O4/c1-18-7-9-20(12-21(18)34)36-28(40)17-41-27-10-8-19(11-22(27)35)29-30-23(13-32(2,3)15-25(30)38)37(6)24-14-33(4,5)16-26(39)31(24)29/h7-12,29H,13-17H2,1-6H3,(H,36,40). The fourth-order valence-corrected chi connectivity index (χ4v) is 6.75. The van der Waals surface area contributed by atoms with E-state index in [0.29, 0.717) is 45.5 Å². The number of carbonyl (C=O) groups excluding carboxylic acids is 3. The first kappa shape index (κ1) is 29.4. The van der Waals surface area contributed by atoms with Crippen molar-refractivity contribution in [2.45, 2.75) is 66.2 Å². The molecular weight excluding hydrogens is 559 g/mol. The molecule has 0 bridgehead atoms. The maximum atomic E-state index is 13.7. The van der Waals surface area contributed by atoms with Crippen LogP contribution in [0.2, 0.25) is 10.0 Å². The fourth-order valence-electron chi connectivity index (χ4n) is 6.32. The summed E-state index contributed by atoms with van der Waals surface area (Å²) in [5.41, 5.74) is 5.30. The molecule has 0 atom stereocenters. The van der Waals surface area contributed by atoms with Crippen LogP contribution in [0.5, 0.6) is 5.75 Å². The molecule has 8 heteroatoms. The summed E-state index contributed by atoms with van der Waals surface area (Å²) in [6, 6.07) is 10.6. The number of nitrogens with one attached hydrogen (secondary N) is 1. The number of carbonyl (C=O) groups is 3. The lowest BCUT2D eigenvalue weighted by Gasteiger charge is -2.47. The average Bonchev–Trinajstić information content (AvgIpc) is 2.85. The number of hydrogen-bond donors (Lipinski definition) is 1. The third-order valence-electron chi connectivity index (χ3n) is 8.28. The number of amides is 1. The summed E-state index contributed by atoms with van der Waals surface area (Å²) < 4.78 is 5.75. The number of allylic oxidation sites excluding steroid dienone is 4. The molecule has 6 nitrogen and oxygen atoms in total. The van der Waals surface area contributed by atoms with Crippen LogP contribution >= 0.6 is 23.2 Å². The van der Waals surface area contributed by atoms with E-state index in [1.165, 1.54) is 0 Å². The summed E-state index contributed by atoms with van der Waals surface area (Å²) in [6.45, 7) is 10.1. The van der Waals surface area contributed by atoms with Crippen molar-refractivity contribution in [3.63, 3.8) is 0 Å². The molecule has 1 N–H and O–H groups in total. The molecule has 1 aliphatic heterocycles. The number of hydrogen-bond acceptors (Lipinski definition) is 5. The molecule has 0 unspecified atom stereocenters. The van der Waals surface area contributed by atoms with Gasteiger partial charge < -0.3 is 15.0 Å². The zero-order chi connectivity index (χ0) is 29.9. The molecule has 0 saturated heterocycles. The number of benzene rings is 2. The second-order valence-corrected chi connectivity index (χ2v) is 13.9. The predicted octanol–water partition coefficient (Wildman–Crippen LogP) is 7.63. The van der Waals surface area contributed by atoms with Crippen molar-refractivity contribution in [1.29, 1.82) is 0 Å². The van der Waals surface area contributed by atoms with Crippen LogP contribution in [-0.2, 0) is 14.4 Å². The van der Waals surface area contributed by atoms with Crippen LogP contribution in [0.15, 0.2) is 58.9 Å². The van der Waals surface area contributed by atoms with E-state index in [9.17, 15) is 14.4 Å². The number of Topliss-reactive ketones (excluding diaryl/α,β-unsaturated/α-hetero) is 2. The molecule has 0 fully saturated rings. The lowest BCUT2D eigenvalue weighted by atomic mass is 9.64. The van der Waals surface area contributed by atoms with Gasteiger partial charge in [-0.15, -0.1) is 0 Å². The highest BCUT2D eigenvalue weighted by Gasteiger charge is 2.48. The molecular formula is C33H36Cl2N2O4. The van der Waals surface area contributed by atoms with E-state index < -0.39 is 5.92 Å². The molecule has 0 radical (unpaired) electrons. The van der Waals surface area contributed by atoms with Gasteiger partial charge in [-0.05, 0) is 66.0 Å². The summed E-state index contributed by atoms with van der Waals surface area (Å²) >= 11 is 12.8. The minimum absolute atomic E-state index is 0.0709. The first-order valence-electron chi connectivity index (χ1n) is 13.9. The van der Waals surface area contributed by atoms with Gasteiger partial charge in [0.25, 0.3) is 5.91 Å². The smallest absolute Gasteiger partial charge is 0.262 e. The molecule has 2 aromatic carbocycles. The number of ketones is 2. The van der Waals surface area contributed by atoms with Crippen molar-refractivity contribution in [3.05, 3.63) is 80.1 Å². The number of nitrogens with zero attached hydrogens (tertiary/aromatic N) is 1. The number of ether oxygens (including phenoxy) is 1. The van der Waals surface area contributed by atoms with E-state index in [0.717, 1.165) is 35.4 Å². The third-order valence-corrected chi connectivity index (χ3v) is 8.99. The Bertz CT molecular complexity index is 1480. The SMILES string of the molecule is Cc1ccc(NC(=O)COc2ccc(C3C4=C(CC(C)(C)CC4=O)N(C)C4=C3C(=O)CC(C)(C)C4)cc2Cl)cc1Cl. The van der Waals surface area contributed by atoms with E-state index in [1.807, 2.05) is 26.1 Å². The van der Waals surface area contributed by atoms with Crippen LogP contribution in [0.4, 0.5) is 5.69 Å². The zero-order valence-electron chi connectivity index (χ0n) is 24.4. The van der Waals surface area contributed by atoms with Gasteiger partial charge in [-0.1, -0.05) is 63.0 Å². The Balaban J connectivity index is 1.45. The average molecular weight is 596 g/mol. The monoisotopic (exact) mass is 594 g/mol. The van der Waals surface area contributed by atoms with Gasteiger partial charge >= 0.3 is 0 Å². The Morgan fingerprint density at radius 2 is 1.49 bits per heavy atom. The minimum Gasteiger partial charge on any atom is -0.482 e. The van der Waals surface area contributed by atoms with Crippen LogP contribution in [0, 0.1) is 17.8 Å². The molecule has 1 amide bonds. The van der Waals surface area contributed by atoms with Crippen molar-refractivity contribution in [2.75, 3.05) is 19.0 Å². The molecule has 0 saturated carbocycles. The molecule has 216 valence electrons. The van der Waals surface area contributed by atoms with Crippen molar-refractivity contribution in [2.24, 2.45) is 10.8 Å². The maximum Gasteiger partial charge on any atom is 0.262 e. The lowest BCUT2D eigenvalue weighted by Crippen LogP contribution is -2.43. The summed E-state index contributed by atoms with van der Waals surface area (Å²) in [5, 5.41) is 3.64. The first-order valence-corrected chi connectivity index (χ1v) is 14.7. The topological polar surface area (TPSA) is 75.7 Å². The summed E-state index contributed by atoms with van der Waals surface area (Å²) in [6.07, 6.45) is 2.36. The minimum atomic E-state index is -0.482. The highest BCUT2D eigenvalue weighted by molar-refractivity contribution is 6.32. The normalized spacial score (nSPS) is 20.1. The summed E-state index contributed by atoms with van der Waals surface area (Å²) in [4.78, 5) is 42.0. The predicted molar refractivity (Wildman–Crippen MR) is 162 cm³/mol. The Kier molecular flexibility index (Phi) is 7.62. The quantitative estimate of drug-likeness (QED) is 0.385. The van der Waals surface area contributed by atoms with Gasteiger partial charge in [0.15, 0.2) is 18.2 Å². The van der Waals surface area contributed by atoms with Gasteiger partial charge in [-0.3, -0.25) is 14.4 Å². The van der Waals surface area contributed by atoms with Gasteiger partial charge in [-0.25, -0.2) is 0 Å². The third kappa shape index (κ3) is 5.82. The Hall–Kier alpha value is -3.09. The van der Waals surface area contributed by atoms with Gasteiger partial charge in [0, 0.05) is 59.1 Å². The van der Waals surface area contributed by atoms with E-state index in [1.54, 1.807) is 24.3 Å². The van der Waals surface area contributed by atoms with Gasteiger partial charge in [0.2, 0.25) is 0 Å². The van der Waals surface area contributed by atoms with Gasteiger partial charge in [0.1, 0.15) is 5.75 Å². The maximum absolute atomic E-state index is 13.7. The molecule has 0 spiro atoms. The summed E-state index contributed by atoms with van der Waals surface area (Å²) in [5.74, 6) is -0.348. The number of halogens is 2. The van der Waals surface area contributed by atoms with Crippen molar-refractivity contribution in [3.8, 4) is 5.75 Å². The number of rotatable bonds is 5. The van der Waals surface area contributed by atoms with E-state index in [4.69, 9.17) is 27.9 Å². The Labute approximate surface area is 251 Å². The molecule has 2 aliphatic carbocycles. The van der Waals surface area contributed by atoms with Gasteiger partial charge in [-0.2, -0.15) is 0 Å². The van der Waals surface area contributed by atoms with Crippen LogP contribution in [0.25, 0.3) is 0 Å². The number of anilines is 1. The Morgan fingerprint density at radius 3 is 2.02 bits per heavy atom. The highest BCUT2D eigenvalue weighted by atomic mass is 35.5. The lowest BCUT2D eigenvalue weighted by molar-refractivity contribution is -0.120. The van der Waals surface area contributed by atoms with E-state index in [2.05, 4.69) is 37.9 Å². The van der Waals surface area contributed by atoms with Gasteiger partial charge in [0.05, 0.1) is 5.02 Å². The van der Waals surface area contributed by atoms with Crippen LogP contribution in [0.1, 0.15) is 70.4 Å². The van der Waals surface area contributed by atoms with Crippen molar-refractivity contribution in [1.82, 2.24) is 4.90 Å². The molecule has 5 rings (SSSR count). The zero-order valence-corrected chi connectivity index (χ0v) is 25.9. The molecule has 3 aliphatic rings. The fraction of sp³-hybridized carbons (Fsp3) is 0.424. The van der Waals surface area contributed by atoms with Crippen LogP contribution in [0.3, 0.4) is 0 Å². The summed E-state index contributed by atoms with van der Waals surface area (Å²) in [7, 11) is 1.99. The first-order chi connectivity index (χ1) is 19.2. The molecule has 41 heavy (non-hydrogen) atoms. The molecule has 0 aromatic heterocycles. The van der Waals surface area contributed by atoms with Crippen molar-refractivity contribution >= 4 is 46.4 Å².